The number of esters is 2. The van der Waals surface area contributed by atoms with Crippen LogP contribution < -0.4 is 0 Å². The highest BCUT2D eigenvalue weighted by molar-refractivity contribution is 6.16. The molecule has 0 fully saturated rings. The summed E-state index contributed by atoms with van der Waals surface area (Å²) in [7, 11) is 0. The van der Waals surface area contributed by atoms with E-state index in [1.54, 1.807) is 6.92 Å². The van der Waals surface area contributed by atoms with Gasteiger partial charge in [-0.25, -0.2) is 9.59 Å². The van der Waals surface area contributed by atoms with Crippen LogP contribution in [0.4, 0.5) is 0 Å². The summed E-state index contributed by atoms with van der Waals surface area (Å²) in [5.74, 6) is -2.39. The molecule has 22 heavy (non-hydrogen) atoms. The van der Waals surface area contributed by atoms with Crippen LogP contribution in [-0.4, -0.2) is 41.0 Å². The van der Waals surface area contributed by atoms with Gasteiger partial charge in [-0.1, -0.05) is 18.6 Å². The van der Waals surface area contributed by atoms with Crippen molar-refractivity contribution in [3.63, 3.8) is 0 Å². The lowest BCUT2D eigenvalue weighted by atomic mass is 9.70. The molecule has 1 heterocycles. The molecule has 0 saturated carbocycles. The zero-order valence-electron chi connectivity index (χ0n) is 13.1. The lowest BCUT2D eigenvalue weighted by molar-refractivity contribution is -0.156. The number of hydrogen-bond donors (Lipinski definition) is 2. The highest BCUT2D eigenvalue weighted by Crippen LogP contribution is 2.48. The number of hydrogen-bond acceptors (Lipinski definition) is 6. The Balaban J connectivity index is 2.48. The molecular formula is C16H22O6. The van der Waals surface area contributed by atoms with Crippen LogP contribution >= 0.6 is 0 Å². The SMILES string of the molecule is CCOC(=O)C1=C(O)[C@]2(C[C@@H](C)C(C)=C[C@H]2CCO)OC1=O. The van der Waals surface area contributed by atoms with E-state index < -0.39 is 23.1 Å². The number of allylic oxidation sites excluding steroid dienone is 1. The molecule has 2 N–H and O–H groups in total. The Morgan fingerprint density at radius 1 is 1.55 bits per heavy atom. The number of ether oxygens (including phenoxy) is 2. The fourth-order valence-electron chi connectivity index (χ4n) is 3.18. The topological polar surface area (TPSA) is 93.1 Å². The summed E-state index contributed by atoms with van der Waals surface area (Å²) in [6.45, 7) is 5.54. The highest BCUT2D eigenvalue weighted by Gasteiger charge is 2.56. The van der Waals surface area contributed by atoms with Gasteiger partial charge in [0, 0.05) is 18.9 Å². The summed E-state index contributed by atoms with van der Waals surface area (Å²) < 4.78 is 10.3. The predicted octanol–water partition coefficient (Wildman–Crippen LogP) is 1.64. The molecule has 0 aromatic heterocycles. The van der Waals surface area contributed by atoms with Gasteiger partial charge in [0.2, 0.25) is 0 Å². The summed E-state index contributed by atoms with van der Waals surface area (Å²) in [6.07, 6.45) is 2.61. The number of rotatable bonds is 4. The summed E-state index contributed by atoms with van der Waals surface area (Å²) in [5, 5.41) is 19.8. The first kappa shape index (κ1) is 16.5. The average molecular weight is 310 g/mol. The first-order valence-electron chi connectivity index (χ1n) is 7.50. The molecular weight excluding hydrogens is 288 g/mol. The molecule has 1 spiro atoms. The van der Waals surface area contributed by atoms with Crippen LogP contribution in [-0.2, 0) is 19.1 Å². The van der Waals surface area contributed by atoms with Crippen LogP contribution in [0.15, 0.2) is 23.0 Å². The van der Waals surface area contributed by atoms with Crippen LogP contribution in [0.2, 0.25) is 0 Å². The molecule has 122 valence electrons. The Morgan fingerprint density at radius 3 is 2.82 bits per heavy atom. The molecule has 2 rings (SSSR count). The lowest BCUT2D eigenvalue weighted by Gasteiger charge is -2.40. The summed E-state index contributed by atoms with van der Waals surface area (Å²) in [4.78, 5) is 24.0. The number of aliphatic hydroxyl groups excluding tert-OH is 2. The van der Waals surface area contributed by atoms with Crippen molar-refractivity contribution in [3.8, 4) is 0 Å². The summed E-state index contributed by atoms with van der Waals surface area (Å²) in [5.41, 5.74) is -0.594. The summed E-state index contributed by atoms with van der Waals surface area (Å²) in [6, 6.07) is 0. The molecule has 0 radical (unpaired) electrons. The van der Waals surface area contributed by atoms with Gasteiger partial charge in [-0.15, -0.1) is 0 Å². The van der Waals surface area contributed by atoms with E-state index in [1.807, 2.05) is 19.9 Å². The quantitative estimate of drug-likeness (QED) is 0.466. The van der Waals surface area contributed by atoms with E-state index in [0.29, 0.717) is 12.8 Å². The Kier molecular flexibility index (Phi) is 4.60. The zero-order chi connectivity index (χ0) is 16.5. The molecule has 3 atom stereocenters. The van der Waals surface area contributed by atoms with Crippen LogP contribution in [0.25, 0.3) is 0 Å². The van der Waals surface area contributed by atoms with Gasteiger partial charge >= 0.3 is 11.9 Å². The van der Waals surface area contributed by atoms with E-state index in [4.69, 9.17) is 9.47 Å². The predicted molar refractivity (Wildman–Crippen MR) is 77.8 cm³/mol. The van der Waals surface area contributed by atoms with Crippen molar-refractivity contribution in [2.45, 2.75) is 39.2 Å². The second-order valence-electron chi connectivity index (χ2n) is 5.86. The standard InChI is InChI=1S/C16H22O6/c1-4-21-14(19)12-13(18)16(22-15(12)20)8-10(3)9(2)7-11(16)5-6-17/h7,10-11,17-18H,4-6,8H2,1-3H3/t10-,11-,16-/m1/s1. The van der Waals surface area contributed by atoms with Crippen molar-refractivity contribution in [1.82, 2.24) is 0 Å². The van der Waals surface area contributed by atoms with Crippen molar-refractivity contribution in [1.29, 1.82) is 0 Å². The Bertz CT molecular complexity index is 547. The van der Waals surface area contributed by atoms with E-state index in [-0.39, 0.29) is 30.8 Å². The van der Waals surface area contributed by atoms with Crippen LogP contribution in [0.1, 0.15) is 33.6 Å². The van der Waals surface area contributed by atoms with Crippen molar-refractivity contribution in [2.75, 3.05) is 13.2 Å². The largest absolute Gasteiger partial charge is 0.507 e. The maximum absolute atomic E-state index is 12.1. The Hall–Kier alpha value is -1.82. The second kappa shape index (κ2) is 6.12. The fourth-order valence-corrected chi connectivity index (χ4v) is 3.18. The monoisotopic (exact) mass is 310 g/mol. The molecule has 2 aliphatic rings. The van der Waals surface area contributed by atoms with Crippen LogP contribution in [0.5, 0.6) is 0 Å². The van der Waals surface area contributed by atoms with Gasteiger partial charge in [-0.3, -0.25) is 0 Å². The first-order chi connectivity index (χ1) is 10.4. The van der Waals surface area contributed by atoms with E-state index in [1.165, 1.54) is 0 Å². The number of carbonyl (C=O) groups excluding carboxylic acids is 2. The molecule has 1 aliphatic heterocycles. The minimum absolute atomic E-state index is 0.0893. The molecule has 6 heteroatoms. The van der Waals surface area contributed by atoms with Gasteiger partial charge in [-0.05, 0) is 26.2 Å². The molecule has 6 nitrogen and oxygen atoms in total. The van der Waals surface area contributed by atoms with E-state index in [9.17, 15) is 19.8 Å². The van der Waals surface area contributed by atoms with Crippen molar-refractivity contribution < 1.29 is 29.3 Å². The summed E-state index contributed by atoms with van der Waals surface area (Å²) >= 11 is 0. The maximum Gasteiger partial charge on any atom is 0.350 e. The van der Waals surface area contributed by atoms with E-state index in [0.717, 1.165) is 5.57 Å². The first-order valence-corrected chi connectivity index (χ1v) is 7.50. The van der Waals surface area contributed by atoms with Gasteiger partial charge in [0.15, 0.2) is 16.9 Å². The molecule has 0 bridgehead atoms. The molecule has 0 aromatic rings. The molecule has 0 aromatic carbocycles. The maximum atomic E-state index is 12.1. The normalized spacial score (nSPS) is 31.3. The second-order valence-corrected chi connectivity index (χ2v) is 5.86. The van der Waals surface area contributed by atoms with Gasteiger partial charge in [0.05, 0.1) is 6.61 Å². The van der Waals surface area contributed by atoms with Gasteiger partial charge in [0.1, 0.15) is 0 Å². The third kappa shape index (κ3) is 2.52. The molecule has 1 aliphatic carbocycles. The molecule has 0 amide bonds. The zero-order valence-corrected chi connectivity index (χ0v) is 13.1. The van der Waals surface area contributed by atoms with E-state index >= 15 is 0 Å². The minimum Gasteiger partial charge on any atom is -0.507 e. The molecule has 0 saturated heterocycles. The van der Waals surface area contributed by atoms with Gasteiger partial charge < -0.3 is 19.7 Å². The van der Waals surface area contributed by atoms with Crippen molar-refractivity contribution >= 4 is 11.9 Å². The number of aliphatic hydroxyl groups is 2. The smallest absolute Gasteiger partial charge is 0.350 e. The van der Waals surface area contributed by atoms with Crippen molar-refractivity contribution in [2.24, 2.45) is 11.8 Å². The molecule has 0 unspecified atom stereocenters. The Labute approximate surface area is 129 Å². The fraction of sp³-hybridized carbons (Fsp3) is 0.625. The average Bonchev–Trinajstić information content (AvgIpc) is 2.68. The van der Waals surface area contributed by atoms with Crippen molar-refractivity contribution in [3.05, 3.63) is 23.0 Å². The van der Waals surface area contributed by atoms with Gasteiger partial charge in [0.25, 0.3) is 0 Å². The van der Waals surface area contributed by atoms with Gasteiger partial charge in [-0.2, -0.15) is 0 Å². The third-order valence-corrected chi connectivity index (χ3v) is 4.49. The minimum atomic E-state index is -1.28. The highest BCUT2D eigenvalue weighted by atomic mass is 16.6. The number of carbonyl (C=O) groups is 2. The van der Waals surface area contributed by atoms with E-state index in [2.05, 4.69) is 0 Å². The lowest BCUT2D eigenvalue weighted by Crippen LogP contribution is -2.44. The van der Waals surface area contributed by atoms with Crippen LogP contribution in [0, 0.1) is 11.8 Å². The Morgan fingerprint density at radius 2 is 2.23 bits per heavy atom. The third-order valence-electron chi connectivity index (χ3n) is 4.49. The van der Waals surface area contributed by atoms with Crippen LogP contribution in [0.3, 0.4) is 0 Å².